The first-order chi connectivity index (χ1) is 12.0. The lowest BCUT2D eigenvalue weighted by Crippen LogP contribution is -2.44. The first kappa shape index (κ1) is 18.8. The zero-order valence-corrected chi connectivity index (χ0v) is 16.2. The summed E-state index contributed by atoms with van der Waals surface area (Å²) in [5, 5.41) is 0. The third kappa shape index (κ3) is 5.00. The molecule has 2 saturated heterocycles. The van der Waals surface area contributed by atoms with Gasteiger partial charge in [0.1, 0.15) is 5.60 Å². The number of aromatic nitrogens is 1. The monoisotopic (exact) mass is 347 g/mol. The van der Waals surface area contributed by atoms with E-state index in [-0.39, 0.29) is 5.60 Å². The van der Waals surface area contributed by atoms with Crippen LogP contribution in [0.2, 0.25) is 0 Å². The van der Waals surface area contributed by atoms with Crippen LogP contribution in [0.5, 0.6) is 0 Å². The van der Waals surface area contributed by atoms with Crippen molar-refractivity contribution in [1.82, 2.24) is 14.8 Å². The van der Waals surface area contributed by atoms with E-state index in [1.165, 1.54) is 0 Å². The van der Waals surface area contributed by atoms with E-state index in [1.807, 2.05) is 13.0 Å². The summed E-state index contributed by atoms with van der Waals surface area (Å²) in [6.45, 7) is 12.7. The summed E-state index contributed by atoms with van der Waals surface area (Å²) in [6.07, 6.45) is 1.09. The number of nitrogens with zero attached hydrogens (tertiary/aromatic N) is 3. The molecule has 0 radical (unpaired) electrons. The van der Waals surface area contributed by atoms with Crippen molar-refractivity contribution < 1.29 is 9.47 Å². The first-order valence-corrected chi connectivity index (χ1v) is 9.53. The van der Waals surface area contributed by atoms with E-state index in [1.54, 1.807) is 0 Å². The minimum atomic E-state index is -0.150. The largest absolute Gasteiger partial charge is 0.377 e. The van der Waals surface area contributed by atoms with Crippen molar-refractivity contribution in [2.75, 3.05) is 46.5 Å². The van der Waals surface area contributed by atoms with Crippen LogP contribution in [0.4, 0.5) is 0 Å². The molecule has 2 aliphatic rings. The molecule has 0 amide bonds. The van der Waals surface area contributed by atoms with Gasteiger partial charge in [0, 0.05) is 37.9 Å². The highest BCUT2D eigenvalue weighted by Gasteiger charge is 2.43. The Labute approximate surface area is 152 Å². The molecular weight excluding hydrogens is 314 g/mol. The summed E-state index contributed by atoms with van der Waals surface area (Å²) in [6, 6.07) is 6.82. The van der Waals surface area contributed by atoms with Crippen LogP contribution in [0.25, 0.3) is 0 Å². The van der Waals surface area contributed by atoms with E-state index in [0.717, 1.165) is 57.2 Å². The lowest BCUT2D eigenvalue weighted by molar-refractivity contribution is -0.0564. The maximum Gasteiger partial charge on any atom is 0.104 e. The van der Waals surface area contributed by atoms with Crippen molar-refractivity contribution in [2.45, 2.75) is 45.4 Å². The number of ether oxygens (including phenoxy) is 2. The van der Waals surface area contributed by atoms with Gasteiger partial charge in [0.2, 0.25) is 0 Å². The van der Waals surface area contributed by atoms with Crippen LogP contribution in [-0.4, -0.2) is 72.9 Å². The molecule has 1 aromatic heterocycles. The third-order valence-corrected chi connectivity index (χ3v) is 5.47. The molecule has 2 fully saturated rings. The Morgan fingerprint density at radius 1 is 1.40 bits per heavy atom. The van der Waals surface area contributed by atoms with Crippen molar-refractivity contribution in [2.24, 2.45) is 5.92 Å². The second kappa shape index (κ2) is 8.12. The van der Waals surface area contributed by atoms with Crippen molar-refractivity contribution >= 4 is 0 Å². The molecule has 0 unspecified atom stereocenters. The van der Waals surface area contributed by atoms with Crippen LogP contribution in [-0.2, 0) is 16.0 Å². The lowest BCUT2D eigenvalue weighted by atomic mass is 9.93. The molecule has 2 atom stereocenters. The van der Waals surface area contributed by atoms with E-state index < -0.39 is 0 Å². The smallest absolute Gasteiger partial charge is 0.104 e. The molecule has 2 aliphatic heterocycles. The highest BCUT2D eigenvalue weighted by Crippen LogP contribution is 2.33. The van der Waals surface area contributed by atoms with E-state index in [2.05, 4.69) is 47.8 Å². The average Bonchev–Trinajstić information content (AvgIpc) is 2.82. The quantitative estimate of drug-likeness (QED) is 0.817. The number of hydrogen-bond acceptors (Lipinski definition) is 5. The molecule has 3 rings (SSSR count). The second-order valence-corrected chi connectivity index (χ2v) is 8.13. The van der Waals surface area contributed by atoms with Gasteiger partial charge in [-0.3, -0.25) is 9.88 Å². The predicted octanol–water partition coefficient (Wildman–Crippen LogP) is 2.34. The van der Waals surface area contributed by atoms with Crippen molar-refractivity contribution in [3.05, 3.63) is 29.6 Å². The Hall–Kier alpha value is -1.01. The van der Waals surface area contributed by atoms with Gasteiger partial charge in [0.25, 0.3) is 0 Å². The Balaban J connectivity index is 1.62. The predicted molar refractivity (Wildman–Crippen MR) is 99.6 cm³/mol. The van der Waals surface area contributed by atoms with Crippen molar-refractivity contribution in [3.8, 4) is 0 Å². The fraction of sp³-hybridized carbons (Fsp3) is 0.750. The third-order valence-electron chi connectivity index (χ3n) is 5.47. The van der Waals surface area contributed by atoms with Gasteiger partial charge in [0.15, 0.2) is 0 Å². The van der Waals surface area contributed by atoms with Crippen LogP contribution in [0.15, 0.2) is 18.2 Å². The molecule has 0 saturated carbocycles. The fourth-order valence-corrected chi connectivity index (χ4v) is 3.92. The topological polar surface area (TPSA) is 37.8 Å². The van der Waals surface area contributed by atoms with Crippen LogP contribution in [0, 0.1) is 12.8 Å². The summed E-state index contributed by atoms with van der Waals surface area (Å²) in [5.74, 6) is 0.591. The maximum atomic E-state index is 6.33. The molecule has 1 aromatic rings. The minimum Gasteiger partial charge on any atom is -0.377 e. The summed E-state index contributed by atoms with van der Waals surface area (Å²) in [5.41, 5.74) is 2.06. The molecule has 5 heteroatoms. The molecule has 0 aliphatic carbocycles. The van der Waals surface area contributed by atoms with Gasteiger partial charge in [-0.15, -0.1) is 0 Å². The molecule has 140 valence electrons. The Morgan fingerprint density at radius 3 is 3.00 bits per heavy atom. The van der Waals surface area contributed by atoms with Crippen LogP contribution in [0.3, 0.4) is 0 Å². The highest BCUT2D eigenvalue weighted by molar-refractivity contribution is 5.10. The maximum absolute atomic E-state index is 6.33. The summed E-state index contributed by atoms with van der Waals surface area (Å²) < 4.78 is 12.3. The molecular formula is C20H33N3O2. The zero-order chi connectivity index (χ0) is 17.9. The SMILES string of the molecule is Cc1cccc(CN2CCOC[C@]3(C[C@H](CN(C)C(C)C)CO3)C2)n1. The van der Waals surface area contributed by atoms with Gasteiger partial charge >= 0.3 is 0 Å². The highest BCUT2D eigenvalue weighted by atomic mass is 16.5. The Morgan fingerprint density at radius 2 is 2.24 bits per heavy atom. The minimum absolute atomic E-state index is 0.150. The van der Waals surface area contributed by atoms with Crippen LogP contribution >= 0.6 is 0 Å². The second-order valence-electron chi connectivity index (χ2n) is 8.13. The lowest BCUT2D eigenvalue weighted by Gasteiger charge is -2.31. The van der Waals surface area contributed by atoms with Crippen LogP contribution < -0.4 is 0 Å². The van der Waals surface area contributed by atoms with Gasteiger partial charge in [0.05, 0.1) is 25.5 Å². The summed E-state index contributed by atoms with van der Waals surface area (Å²) in [4.78, 5) is 9.52. The molecule has 0 N–H and O–H groups in total. The van der Waals surface area contributed by atoms with Gasteiger partial charge in [-0.25, -0.2) is 0 Å². The normalized spacial score (nSPS) is 28.2. The van der Waals surface area contributed by atoms with Gasteiger partial charge < -0.3 is 14.4 Å². The van der Waals surface area contributed by atoms with Crippen LogP contribution in [0.1, 0.15) is 31.7 Å². The molecule has 1 spiro atoms. The fourth-order valence-electron chi connectivity index (χ4n) is 3.92. The number of pyridine rings is 1. The standard InChI is InChI=1S/C20H33N3O2/c1-16(2)22(4)11-18-10-20(25-13-18)14-23(8-9-24-15-20)12-19-7-5-6-17(3)21-19/h5-7,16,18H,8-15H2,1-4H3/t18-,20+/m1/s1. The van der Waals surface area contributed by atoms with Gasteiger partial charge in [-0.1, -0.05) is 6.07 Å². The molecule has 0 bridgehead atoms. The summed E-state index contributed by atoms with van der Waals surface area (Å²) >= 11 is 0. The van der Waals surface area contributed by atoms with E-state index in [0.29, 0.717) is 18.6 Å². The van der Waals surface area contributed by atoms with E-state index in [9.17, 15) is 0 Å². The zero-order valence-electron chi connectivity index (χ0n) is 16.2. The molecule has 3 heterocycles. The van der Waals surface area contributed by atoms with Crippen molar-refractivity contribution in [3.63, 3.8) is 0 Å². The summed E-state index contributed by atoms with van der Waals surface area (Å²) in [7, 11) is 2.20. The van der Waals surface area contributed by atoms with E-state index >= 15 is 0 Å². The number of rotatable bonds is 5. The molecule has 25 heavy (non-hydrogen) atoms. The Bertz CT molecular complexity index is 566. The van der Waals surface area contributed by atoms with Gasteiger partial charge in [-0.2, -0.15) is 0 Å². The molecule has 0 aromatic carbocycles. The average molecular weight is 348 g/mol. The molecule has 5 nitrogen and oxygen atoms in total. The van der Waals surface area contributed by atoms with E-state index in [4.69, 9.17) is 9.47 Å². The van der Waals surface area contributed by atoms with Crippen molar-refractivity contribution in [1.29, 1.82) is 0 Å². The van der Waals surface area contributed by atoms with Gasteiger partial charge in [-0.05, 0) is 52.3 Å². The Kier molecular flexibility index (Phi) is 6.10. The number of hydrogen-bond donors (Lipinski definition) is 0. The first-order valence-electron chi connectivity index (χ1n) is 9.53. The number of aryl methyl sites for hydroxylation is 1.